The summed E-state index contributed by atoms with van der Waals surface area (Å²) in [7, 11) is 0. The maximum atomic E-state index is 13.4. The Hall–Kier alpha value is -2.12. The number of rotatable bonds is 10. The van der Waals surface area contributed by atoms with Crippen LogP contribution in [0.2, 0.25) is 0 Å². The maximum Gasteiger partial charge on any atom is 0.310 e. The quantitative estimate of drug-likeness (QED) is 0.159. The van der Waals surface area contributed by atoms with Crippen molar-refractivity contribution in [2.24, 2.45) is 71.0 Å². The molecule has 0 amide bonds. The molecule has 57 heavy (non-hydrogen) atoms. The van der Waals surface area contributed by atoms with E-state index in [9.17, 15) is 19.2 Å². The standard InChI is InChI=1S/C26H40O4.C19H28O4.4CH4/c1-3-16(2)24(27)30-26(18-10-6-4-7-11-18,19-12-8-5-9-13-19)23-17-14-20-21(15-17)29-25(28)22(20)23;1-3-11(2)17(20)23-19(7-5-4-6-8-19)16-12-9-13-14(10-12)22-18(21)15(13)16;;;;/h16-23H,3-15H2,1-2H3;11-16H,3-10H2,1-2H3;4*1H4. The van der Waals surface area contributed by atoms with Gasteiger partial charge >= 0.3 is 23.9 Å². The minimum Gasteiger partial charge on any atom is -0.462 e. The Morgan fingerprint density at radius 2 is 1.11 bits per heavy atom. The van der Waals surface area contributed by atoms with Crippen molar-refractivity contribution in [3.05, 3.63) is 0 Å². The monoisotopic (exact) mass is 801 g/mol. The van der Waals surface area contributed by atoms with E-state index in [0.717, 1.165) is 89.9 Å². The van der Waals surface area contributed by atoms with Crippen molar-refractivity contribution in [2.45, 2.75) is 216 Å². The zero-order chi connectivity index (χ0) is 37.1. The molecule has 0 N–H and O–H groups in total. The lowest BCUT2D eigenvalue weighted by molar-refractivity contribution is -0.209. The minimum atomic E-state index is -0.445. The van der Waals surface area contributed by atoms with Crippen LogP contribution in [0.3, 0.4) is 0 Å². The van der Waals surface area contributed by atoms with Crippen molar-refractivity contribution in [3.63, 3.8) is 0 Å². The number of carbonyl (C=O) groups excluding carboxylic acids is 4. The topological polar surface area (TPSA) is 105 Å². The molecule has 9 aliphatic rings. The normalized spacial score (nSPS) is 36.8. The SMILES string of the molecule is C.C.C.C.CCC(C)C(=O)OC(C1CCCCC1)(C1CCCCC1)C1C2CC3OC(=O)C1C3C2.CCC(C)C(=O)OC1(C2C3CC4OC(=O)C2C4C3)CCCCC1. The Labute approximate surface area is 347 Å². The zero-order valence-corrected chi connectivity index (χ0v) is 33.2. The third kappa shape index (κ3) is 8.09. The first-order valence-corrected chi connectivity index (χ1v) is 22.5. The second kappa shape index (κ2) is 19.1. The van der Waals surface area contributed by atoms with Crippen LogP contribution in [0, 0.1) is 71.0 Å². The highest BCUT2D eigenvalue weighted by Gasteiger charge is 2.71. The Balaban J connectivity index is 0.000000243. The highest BCUT2D eigenvalue weighted by molar-refractivity contribution is 5.78. The lowest BCUT2D eigenvalue weighted by Gasteiger charge is -2.54. The van der Waals surface area contributed by atoms with Gasteiger partial charge < -0.3 is 18.9 Å². The second-order valence-corrected chi connectivity index (χ2v) is 19.5. The largest absolute Gasteiger partial charge is 0.462 e. The van der Waals surface area contributed by atoms with Gasteiger partial charge in [0.1, 0.15) is 23.4 Å². The molecule has 0 aromatic carbocycles. The van der Waals surface area contributed by atoms with E-state index in [1.165, 1.54) is 44.9 Å². The lowest BCUT2D eigenvalue weighted by atomic mass is 9.56. The van der Waals surface area contributed by atoms with Crippen molar-refractivity contribution in [1.29, 1.82) is 0 Å². The van der Waals surface area contributed by atoms with Crippen LogP contribution in [0.25, 0.3) is 0 Å². The van der Waals surface area contributed by atoms with Crippen molar-refractivity contribution in [3.8, 4) is 0 Å². The van der Waals surface area contributed by atoms with E-state index in [4.69, 9.17) is 18.9 Å². The maximum absolute atomic E-state index is 13.4. The molecule has 0 radical (unpaired) electrons. The van der Waals surface area contributed by atoms with Crippen LogP contribution >= 0.6 is 0 Å². The molecule has 12 unspecified atom stereocenters. The summed E-state index contributed by atoms with van der Waals surface area (Å²) in [5, 5.41) is 0. The van der Waals surface area contributed by atoms with Crippen LogP contribution in [0.15, 0.2) is 0 Å². The lowest BCUT2D eigenvalue weighted by Crippen LogP contribution is -2.59. The van der Waals surface area contributed by atoms with Crippen molar-refractivity contribution in [1.82, 2.24) is 0 Å². The fourth-order valence-corrected chi connectivity index (χ4v) is 14.2. The smallest absolute Gasteiger partial charge is 0.310 e. The third-order valence-electron chi connectivity index (χ3n) is 16.9. The molecule has 9 rings (SSSR count). The molecule has 2 saturated heterocycles. The van der Waals surface area contributed by atoms with E-state index < -0.39 is 11.2 Å². The van der Waals surface area contributed by atoms with Crippen LogP contribution in [0.1, 0.15) is 192 Å². The van der Waals surface area contributed by atoms with Gasteiger partial charge in [-0.25, -0.2) is 0 Å². The summed E-state index contributed by atoms with van der Waals surface area (Å²) in [6.07, 6.45) is 23.5. The summed E-state index contributed by atoms with van der Waals surface area (Å²) in [6.45, 7) is 8.05. The summed E-state index contributed by atoms with van der Waals surface area (Å²) >= 11 is 0. The van der Waals surface area contributed by atoms with E-state index in [0.29, 0.717) is 35.5 Å². The minimum absolute atomic E-state index is 0. The number of hydrogen-bond donors (Lipinski definition) is 0. The molecule has 0 spiro atoms. The van der Waals surface area contributed by atoms with Gasteiger partial charge in [0, 0.05) is 23.7 Å². The van der Waals surface area contributed by atoms with Gasteiger partial charge in [-0.3, -0.25) is 19.2 Å². The summed E-state index contributed by atoms with van der Waals surface area (Å²) in [5.74, 6) is 2.73. The number of ether oxygens (including phenoxy) is 4. The summed E-state index contributed by atoms with van der Waals surface area (Å²) in [6, 6.07) is 0. The first kappa shape index (κ1) is 47.6. The predicted molar refractivity (Wildman–Crippen MR) is 226 cm³/mol. The molecule has 328 valence electrons. The first-order chi connectivity index (χ1) is 25.6. The molecule has 2 aliphatic heterocycles. The number of esters is 4. The van der Waals surface area contributed by atoms with Gasteiger partial charge in [-0.05, 0) is 114 Å². The molecular formula is C49H84O8. The van der Waals surface area contributed by atoms with Gasteiger partial charge in [0.25, 0.3) is 0 Å². The van der Waals surface area contributed by atoms with E-state index >= 15 is 0 Å². The Bertz CT molecular complexity index is 1350. The van der Waals surface area contributed by atoms with Crippen molar-refractivity contribution < 1.29 is 38.1 Å². The van der Waals surface area contributed by atoms with E-state index in [1.54, 1.807) is 0 Å². The number of carbonyl (C=O) groups is 4. The zero-order valence-electron chi connectivity index (χ0n) is 33.2. The number of hydrogen-bond acceptors (Lipinski definition) is 8. The van der Waals surface area contributed by atoms with Crippen LogP contribution in [-0.4, -0.2) is 47.3 Å². The van der Waals surface area contributed by atoms with E-state index in [1.807, 2.05) is 20.8 Å². The molecule has 7 aliphatic carbocycles. The predicted octanol–water partition coefficient (Wildman–Crippen LogP) is 11.7. The first-order valence-electron chi connectivity index (χ1n) is 22.5. The van der Waals surface area contributed by atoms with Gasteiger partial charge in [-0.2, -0.15) is 0 Å². The van der Waals surface area contributed by atoms with E-state index in [2.05, 4.69) is 6.92 Å². The van der Waals surface area contributed by atoms with Gasteiger partial charge in [-0.15, -0.1) is 0 Å². The summed E-state index contributed by atoms with van der Waals surface area (Å²) in [5.41, 5.74) is -0.850. The highest BCUT2D eigenvalue weighted by Crippen LogP contribution is 2.66. The fourth-order valence-electron chi connectivity index (χ4n) is 14.2. The molecule has 0 aromatic heterocycles. The van der Waals surface area contributed by atoms with Crippen LogP contribution in [0.4, 0.5) is 0 Å². The fraction of sp³-hybridized carbons (Fsp3) is 0.918. The molecule has 9 fully saturated rings. The molecule has 0 aromatic rings. The second-order valence-electron chi connectivity index (χ2n) is 19.5. The van der Waals surface area contributed by atoms with Gasteiger partial charge in [-0.1, -0.05) is 102 Å². The molecule has 8 heteroatoms. The average molecular weight is 801 g/mol. The molecule has 2 heterocycles. The molecule has 8 nitrogen and oxygen atoms in total. The molecule has 7 saturated carbocycles. The summed E-state index contributed by atoms with van der Waals surface area (Å²) < 4.78 is 24.5. The van der Waals surface area contributed by atoms with E-state index in [-0.39, 0.29) is 101 Å². The number of fused-ring (bicyclic) bond motifs is 2. The molecular weight excluding hydrogens is 717 g/mol. The van der Waals surface area contributed by atoms with Gasteiger partial charge in [0.2, 0.25) is 0 Å². The Morgan fingerprint density at radius 1 is 0.649 bits per heavy atom. The molecule has 4 bridgehead atoms. The van der Waals surface area contributed by atoms with Gasteiger partial charge in [0.15, 0.2) is 0 Å². The third-order valence-corrected chi connectivity index (χ3v) is 16.9. The van der Waals surface area contributed by atoms with Crippen LogP contribution in [0.5, 0.6) is 0 Å². The average Bonchev–Trinajstić information content (AvgIpc) is 4.01. The van der Waals surface area contributed by atoms with Crippen molar-refractivity contribution >= 4 is 23.9 Å². The molecule has 12 atom stereocenters. The Morgan fingerprint density at radius 3 is 1.65 bits per heavy atom. The van der Waals surface area contributed by atoms with Gasteiger partial charge in [0.05, 0.1) is 23.7 Å². The van der Waals surface area contributed by atoms with Crippen LogP contribution in [-0.2, 0) is 38.1 Å². The Kier molecular flexibility index (Phi) is 15.9. The van der Waals surface area contributed by atoms with Crippen molar-refractivity contribution in [2.75, 3.05) is 0 Å². The van der Waals surface area contributed by atoms with Crippen LogP contribution < -0.4 is 0 Å². The highest BCUT2D eigenvalue weighted by atomic mass is 16.6. The summed E-state index contributed by atoms with van der Waals surface area (Å²) in [4.78, 5) is 51.4.